The van der Waals surface area contributed by atoms with E-state index in [9.17, 15) is 14.4 Å². The number of hydrogen-bond acceptors (Lipinski definition) is 5. The van der Waals surface area contributed by atoms with Gasteiger partial charge in [0.05, 0.1) is 13.2 Å². The highest BCUT2D eigenvalue weighted by molar-refractivity contribution is 5.96. The van der Waals surface area contributed by atoms with E-state index in [4.69, 9.17) is 9.47 Å². The Kier molecular flexibility index (Phi) is 9.21. The zero-order valence-corrected chi connectivity index (χ0v) is 16.5. The average molecular weight is 398 g/mol. The van der Waals surface area contributed by atoms with Gasteiger partial charge in [-0.15, -0.1) is 0 Å². The van der Waals surface area contributed by atoms with Crippen LogP contribution in [-0.4, -0.2) is 37.5 Å². The number of benzene rings is 2. The van der Waals surface area contributed by atoms with Crippen LogP contribution < -0.4 is 15.4 Å². The summed E-state index contributed by atoms with van der Waals surface area (Å²) in [7, 11) is 0. The van der Waals surface area contributed by atoms with Crippen molar-refractivity contribution in [2.75, 3.05) is 19.7 Å². The van der Waals surface area contributed by atoms with Gasteiger partial charge in [-0.3, -0.25) is 14.4 Å². The van der Waals surface area contributed by atoms with Gasteiger partial charge in [-0.1, -0.05) is 43.7 Å². The summed E-state index contributed by atoms with van der Waals surface area (Å²) >= 11 is 0. The number of ether oxygens (including phenoxy) is 2. The number of nitrogens with one attached hydrogen (secondary N) is 2. The van der Waals surface area contributed by atoms with Crippen molar-refractivity contribution in [3.8, 4) is 5.75 Å². The summed E-state index contributed by atoms with van der Waals surface area (Å²) < 4.78 is 10.6. The number of carbonyl (C=O) groups excluding carboxylic acids is 3. The van der Waals surface area contributed by atoms with E-state index >= 15 is 0 Å². The van der Waals surface area contributed by atoms with Crippen LogP contribution in [0.5, 0.6) is 5.75 Å². The van der Waals surface area contributed by atoms with Crippen molar-refractivity contribution in [3.05, 3.63) is 65.7 Å². The molecule has 0 spiro atoms. The first-order valence-corrected chi connectivity index (χ1v) is 9.55. The predicted molar refractivity (Wildman–Crippen MR) is 108 cm³/mol. The Hall–Kier alpha value is -3.35. The summed E-state index contributed by atoms with van der Waals surface area (Å²) in [6.07, 6.45) is 2.02. The van der Waals surface area contributed by atoms with Crippen LogP contribution in [0, 0.1) is 0 Å². The number of amides is 2. The van der Waals surface area contributed by atoms with Gasteiger partial charge in [0.1, 0.15) is 18.9 Å². The monoisotopic (exact) mass is 398 g/mol. The fourth-order valence-corrected chi connectivity index (χ4v) is 2.32. The zero-order chi connectivity index (χ0) is 20.9. The summed E-state index contributed by atoms with van der Waals surface area (Å²) in [5.41, 5.74) is 1.28. The van der Waals surface area contributed by atoms with Crippen molar-refractivity contribution >= 4 is 17.8 Å². The first-order valence-electron chi connectivity index (χ1n) is 9.55. The first-order chi connectivity index (χ1) is 14.1. The third kappa shape index (κ3) is 8.47. The molecule has 2 amide bonds. The summed E-state index contributed by atoms with van der Waals surface area (Å²) in [5.74, 6) is -0.713. The van der Waals surface area contributed by atoms with Crippen molar-refractivity contribution in [1.29, 1.82) is 0 Å². The molecule has 2 aromatic rings. The molecule has 0 atom stereocenters. The number of rotatable bonds is 11. The maximum atomic E-state index is 12.1. The Labute approximate surface area is 170 Å². The Morgan fingerprint density at radius 1 is 0.897 bits per heavy atom. The molecule has 0 aliphatic carbocycles. The van der Waals surface area contributed by atoms with Crippen LogP contribution in [0.2, 0.25) is 0 Å². The standard InChI is InChI=1S/C22H26N2O5/c1-2-3-13-28-19-11-9-18(10-12-19)22(27)24-14-20(25)23-15-21(26)29-16-17-7-5-4-6-8-17/h4-12H,2-3,13-16H2,1H3,(H,23,25)(H,24,27). The van der Waals surface area contributed by atoms with E-state index in [-0.39, 0.29) is 25.6 Å². The molecule has 0 radical (unpaired) electrons. The quantitative estimate of drug-likeness (QED) is 0.448. The molecule has 2 N–H and O–H groups in total. The van der Waals surface area contributed by atoms with Gasteiger partial charge >= 0.3 is 5.97 Å². The second-order valence-electron chi connectivity index (χ2n) is 6.33. The number of carbonyl (C=O) groups is 3. The first kappa shape index (κ1) is 21.9. The van der Waals surface area contributed by atoms with E-state index < -0.39 is 11.9 Å². The van der Waals surface area contributed by atoms with Gasteiger partial charge in [-0.05, 0) is 36.2 Å². The largest absolute Gasteiger partial charge is 0.494 e. The minimum absolute atomic E-state index is 0.143. The van der Waals surface area contributed by atoms with Gasteiger partial charge in [-0.2, -0.15) is 0 Å². The topological polar surface area (TPSA) is 93.7 Å². The molecule has 154 valence electrons. The Morgan fingerprint density at radius 2 is 1.62 bits per heavy atom. The van der Waals surface area contributed by atoms with Gasteiger partial charge in [0.25, 0.3) is 5.91 Å². The van der Waals surface area contributed by atoms with Gasteiger partial charge in [0.2, 0.25) is 5.91 Å². The van der Waals surface area contributed by atoms with Crippen LogP contribution in [0.1, 0.15) is 35.7 Å². The average Bonchev–Trinajstić information content (AvgIpc) is 2.76. The number of esters is 1. The summed E-state index contributed by atoms with van der Waals surface area (Å²) in [4.78, 5) is 35.6. The molecule has 0 saturated heterocycles. The SMILES string of the molecule is CCCCOc1ccc(C(=O)NCC(=O)NCC(=O)OCc2ccccc2)cc1. The Bertz CT molecular complexity index is 791. The molecule has 7 heteroatoms. The minimum Gasteiger partial charge on any atom is -0.494 e. The molecule has 0 aliphatic rings. The molecule has 0 aliphatic heterocycles. The predicted octanol–water partition coefficient (Wildman–Crippen LogP) is 2.45. The number of unbranched alkanes of at least 4 members (excludes halogenated alkanes) is 1. The molecule has 7 nitrogen and oxygen atoms in total. The van der Waals surface area contributed by atoms with Crippen LogP contribution in [-0.2, 0) is 20.9 Å². The van der Waals surface area contributed by atoms with Crippen molar-refractivity contribution in [2.45, 2.75) is 26.4 Å². The smallest absolute Gasteiger partial charge is 0.325 e. The molecule has 2 aromatic carbocycles. The molecule has 0 bridgehead atoms. The molecular formula is C22H26N2O5. The lowest BCUT2D eigenvalue weighted by Crippen LogP contribution is -2.39. The molecule has 0 aromatic heterocycles. The van der Waals surface area contributed by atoms with E-state index in [2.05, 4.69) is 17.6 Å². The Morgan fingerprint density at radius 3 is 2.31 bits per heavy atom. The zero-order valence-electron chi connectivity index (χ0n) is 16.5. The van der Waals surface area contributed by atoms with E-state index in [1.54, 1.807) is 24.3 Å². The van der Waals surface area contributed by atoms with Gasteiger partial charge in [0.15, 0.2) is 0 Å². The van der Waals surface area contributed by atoms with Crippen molar-refractivity contribution in [1.82, 2.24) is 10.6 Å². The fraction of sp³-hybridized carbons (Fsp3) is 0.318. The van der Waals surface area contributed by atoms with Crippen LogP contribution in [0.3, 0.4) is 0 Å². The minimum atomic E-state index is -0.549. The molecule has 0 saturated carbocycles. The lowest BCUT2D eigenvalue weighted by atomic mass is 10.2. The van der Waals surface area contributed by atoms with E-state index in [0.717, 1.165) is 18.4 Å². The van der Waals surface area contributed by atoms with Crippen molar-refractivity contribution in [3.63, 3.8) is 0 Å². The van der Waals surface area contributed by atoms with E-state index in [1.807, 2.05) is 30.3 Å². The fourth-order valence-electron chi connectivity index (χ4n) is 2.32. The van der Waals surface area contributed by atoms with Gasteiger partial charge in [-0.25, -0.2) is 0 Å². The maximum Gasteiger partial charge on any atom is 0.325 e. The molecule has 0 heterocycles. The highest BCUT2D eigenvalue weighted by Crippen LogP contribution is 2.12. The van der Waals surface area contributed by atoms with Gasteiger partial charge < -0.3 is 20.1 Å². The third-order valence-corrected chi connectivity index (χ3v) is 3.97. The van der Waals surface area contributed by atoms with Crippen molar-refractivity contribution < 1.29 is 23.9 Å². The highest BCUT2D eigenvalue weighted by Gasteiger charge is 2.10. The molecule has 0 fully saturated rings. The normalized spacial score (nSPS) is 10.1. The highest BCUT2D eigenvalue weighted by atomic mass is 16.5. The second kappa shape index (κ2) is 12.2. The number of hydrogen-bond donors (Lipinski definition) is 2. The maximum absolute atomic E-state index is 12.1. The molecular weight excluding hydrogens is 372 g/mol. The van der Waals surface area contributed by atoms with Crippen molar-refractivity contribution in [2.24, 2.45) is 0 Å². The van der Waals surface area contributed by atoms with Gasteiger partial charge in [0, 0.05) is 5.56 Å². The lowest BCUT2D eigenvalue weighted by molar-refractivity contribution is -0.145. The summed E-state index contributed by atoms with van der Waals surface area (Å²) in [6.45, 7) is 2.37. The second-order valence-corrected chi connectivity index (χ2v) is 6.33. The molecule has 29 heavy (non-hydrogen) atoms. The molecule has 0 unspecified atom stereocenters. The van der Waals surface area contributed by atoms with E-state index in [1.165, 1.54) is 0 Å². The summed E-state index contributed by atoms with van der Waals surface area (Å²) in [5, 5.41) is 4.92. The summed E-state index contributed by atoms with van der Waals surface area (Å²) in [6, 6.07) is 15.9. The third-order valence-electron chi connectivity index (χ3n) is 3.97. The van der Waals surface area contributed by atoms with Crippen LogP contribution in [0.25, 0.3) is 0 Å². The Balaban J connectivity index is 1.65. The van der Waals surface area contributed by atoms with Crippen LogP contribution in [0.4, 0.5) is 0 Å². The molecule has 2 rings (SSSR count). The van der Waals surface area contributed by atoms with Crippen LogP contribution in [0.15, 0.2) is 54.6 Å². The van der Waals surface area contributed by atoms with Crippen LogP contribution >= 0.6 is 0 Å². The van der Waals surface area contributed by atoms with E-state index in [0.29, 0.717) is 17.9 Å². The lowest BCUT2D eigenvalue weighted by Gasteiger charge is -2.09.